The average Bonchev–Trinajstić information content (AvgIpc) is 2.59. The summed E-state index contributed by atoms with van der Waals surface area (Å²) in [5, 5.41) is 2.79. The van der Waals surface area contributed by atoms with Crippen LogP contribution >= 0.6 is 0 Å². The molecule has 0 aliphatic heterocycles. The number of ether oxygens (including phenoxy) is 2. The van der Waals surface area contributed by atoms with Crippen LogP contribution in [0, 0.1) is 13.8 Å². The maximum Gasteiger partial charge on any atom is 0.247 e. The molecule has 1 atom stereocenters. The fourth-order valence-corrected chi connectivity index (χ4v) is 4.21. The summed E-state index contributed by atoms with van der Waals surface area (Å²) in [5.41, 5.74) is 2.84. The van der Waals surface area contributed by atoms with Crippen molar-refractivity contribution in [2.45, 2.75) is 26.8 Å². The van der Waals surface area contributed by atoms with Crippen LogP contribution in [0.3, 0.4) is 0 Å². The zero-order valence-corrected chi connectivity index (χ0v) is 17.8. The summed E-state index contributed by atoms with van der Waals surface area (Å²) >= 11 is 0. The standard InChI is InChI=1S/C20H26N2O5S/c1-13-9-14(2)11-16(10-13)21-20(23)15(3)22(28(6,24)25)18-12-17(26-4)7-8-19(18)27-5/h7-12,15H,1-6H3,(H,21,23)/t15-/m1/s1. The summed E-state index contributed by atoms with van der Waals surface area (Å²) in [4.78, 5) is 12.9. The number of nitrogens with one attached hydrogen (secondary N) is 1. The highest BCUT2D eigenvalue weighted by Crippen LogP contribution is 2.35. The molecule has 28 heavy (non-hydrogen) atoms. The number of aryl methyl sites for hydroxylation is 2. The van der Waals surface area contributed by atoms with Crippen LogP contribution in [0.2, 0.25) is 0 Å². The van der Waals surface area contributed by atoms with Crippen molar-refractivity contribution in [3.63, 3.8) is 0 Å². The van der Waals surface area contributed by atoms with Crippen molar-refractivity contribution in [3.05, 3.63) is 47.5 Å². The first-order valence-corrected chi connectivity index (χ1v) is 10.5. The van der Waals surface area contributed by atoms with Crippen LogP contribution in [-0.4, -0.2) is 40.8 Å². The Hall–Kier alpha value is -2.74. The van der Waals surface area contributed by atoms with Gasteiger partial charge in [-0.15, -0.1) is 0 Å². The van der Waals surface area contributed by atoms with Gasteiger partial charge in [-0.3, -0.25) is 9.10 Å². The van der Waals surface area contributed by atoms with Gasteiger partial charge in [0.05, 0.1) is 26.2 Å². The number of anilines is 2. The van der Waals surface area contributed by atoms with Gasteiger partial charge in [-0.05, 0) is 56.2 Å². The molecule has 0 heterocycles. The molecule has 152 valence electrons. The van der Waals surface area contributed by atoms with E-state index in [4.69, 9.17) is 9.47 Å². The second-order valence-electron chi connectivity index (χ2n) is 6.64. The van der Waals surface area contributed by atoms with Crippen LogP contribution in [0.25, 0.3) is 0 Å². The van der Waals surface area contributed by atoms with Crippen molar-refractivity contribution in [1.82, 2.24) is 0 Å². The van der Waals surface area contributed by atoms with Gasteiger partial charge in [0.25, 0.3) is 0 Å². The Labute approximate surface area is 166 Å². The number of sulfonamides is 1. The van der Waals surface area contributed by atoms with Gasteiger partial charge < -0.3 is 14.8 Å². The Morgan fingerprint density at radius 3 is 2.14 bits per heavy atom. The lowest BCUT2D eigenvalue weighted by Gasteiger charge is -2.29. The summed E-state index contributed by atoms with van der Waals surface area (Å²) < 4.78 is 36.7. The van der Waals surface area contributed by atoms with E-state index in [0.717, 1.165) is 21.7 Å². The van der Waals surface area contributed by atoms with Gasteiger partial charge in [-0.25, -0.2) is 8.42 Å². The van der Waals surface area contributed by atoms with E-state index < -0.39 is 22.0 Å². The number of amides is 1. The first-order chi connectivity index (χ1) is 13.1. The highest BCUT2D eigenvalue weighted by Gasteiger charge is 2.31. The minimum absolute atomic E-state index is 0.229. The molecule has 0 unspecified atom stereocenters. The zero-order chi connectivity index (χ0) is 21.1. The van der Waals surface area contributed by atoms with Gasteiger partial charge in [-0.1, -0.05) is 6.07 Å². The van der Waals surface area contributed by atoms with Crippen molar-refractivity contribution in [2.24, 2.45) is 0 Å². The Bertz CT molecular complexity index is 952. The van der Waals surface area contributed by atoms with Crippen molar-refractivity contribution < 1.29 is 22.7 Å². The van der Waals surface area contributed by atoms with Crippen molar-refractivity contribution in [3.8, 4) is 11.5 Å². The van der Waals surface area contributed by atoms with Crippen molar-refractivity contribution >= 4 is 27.3 Å². The quantitative estimate of drug-likeness (QED) is 0.764. The Balaban J connectivity index is 2.44. The molecule has 0 fully saturated rings. The number of carbonyl (C=O) groups is 1. The second kappa shape index (κ2) is 8.52. The van der Waals surface area contributed by atoms with E-state index in [9.17, 15) is 13.2 Å². The van der Waals surface area contributed by atoms with Gasteiger partial charge in [0.1, 0.15) is 17.5 Å². The largest absolute Gasteiger partial charge is 0.497 e. The van der Waals surface area contributed by atoms with E-state index in [1.807, 2.05) is 32.0 Å². The summed E-state index contributed by atoms with van der Waals surface area (Å²) in [6, 6.07) is 9.41. The molecule has 1 amide bonds. The highest BCUT2D eigenvalue weighted by molar-refractivity contribution is 7.92. The lowest BCUT2D eigenvalue weighted by atomic mass is 10.1. The predicted molar refractivity (Wildman–Crippen MR) is 111 cm³/mol. The normalized spacial score (nSPS) is 12.2. The average molecular weight is 407 g/mol. The van der Waals surface area contributed by atoms with Gasteiger partial charge in [0.15, 0.2) is 0 Å². The summed E-state index contributed by atoms with van der Waals surface area (Å²) in [6.45, 7) is 5.38. The van der Waals surface area contributed by atoms with Gasteiger partial charge in [0.2, 0.25) is 15.9 Å². The minimum atomic E-state index is -3.79. The molecule has 0 spiro atoms. The van der Waals surface area contributed by atoms with Gasteiger partial charge in [-0.2, -0.15) is 0 Å². The fraction of sp³-hybridized carbons (Fsp3) is 0.350. The van der Waals surface area contributed by atoms with Gasteiger partial charge >= 0.3 is 0 Å². The number of nitrogens with zero attached hydrogens (tertiary/aromatic N) is 1. The molecule has 0 aliphatic carbocycles. The summed E-state index contributed by atoms with van der Waals surface area (Å²) in [5.74, 6) is 0.309. The molecule has 8 heteroatoms. The van der Waals surface area contributed by atoms with Crippen LogP contribution < -0.4 is 19.1 Å². The monoisotopic (exact) mass is 406 g/mol. The Kier molecular flexibility index (Phi) is 6.56. The maximum atomic E-state index is 12.9. The zero-order valence-electron chi connectivity index (χ0n) is 16.9. The fourth-order valence-electron chi connectivity index (χ4n) is 3.04. The summed E-state index contributed by atoms with van der Waals surface area (Å²) in [6.07, 6.45) is 1.05. The number of rotatable bonds is 7. The molecular weight excluding hydrogens is 380 g/mol. The minimum Gasteiger partial charge on any atom is -0.497 e. The molecule has 1 N–H and O–H groups in total. The molecule has 0 bridgehead atoms. The maximum absolute atomic E-state index is 12.9. The van der Waals surface area contributed by atoms with Crippen LogP contribution in [0.4, 0.5) is 11.4 Å². The highest BCUT2D eigenvalue weighted by atomic mass is 32.2. The van der Waals surface area contributed by atoms with Crippen molar-refractivity contribution in [2.75, 3.05) is 30.1 Å². The van der Waals surface area contributed by atoms with Crippen LogP contribution in [-0.2, 0) is 14.8 Å². The van der Waals surface area contributed by atoms with Crippen LogP contribution in [0.1, 0.15) is 18.1 Å². The predicted octanol–water partition coefficient (Wildman–Crippen LogP) is 3.11. The molecule has 0 aliphatic rings. The van der Waals surface area contributed by atoms with Crippen molar-refractivity contribution in [1.29, 1.82) is 0 Å². The molecule has 0 radical (unpaired) electrons. The van der Waals surface area contributed by atoms with E-state index in [-0.39, 0.29) is 5.69 Å². The third-order valence-electron chi connectivity index (χ3n) is 4.20. The lowest BCUT2D eigenvalue weighted by molar-refractivity contribution is -0.116. The summed E-state index contributed by atoms with van der Waals surface area (Å²) in [7, 11) is -0.876. The SMILES string of the molecule is COc1ccc(OC)c(N([C@H](C)C(=O)Nc2cc(C)cc(C)c2)S(C)(=O)=O)c1. The Morgan fingerprint density at radius 1 is 1.04 bits per heavy atom. The molecule has 2 rings (SSSR count). The molecule has 2 aromatic carbocycles. The van der Waals surface area contributed by atoms with Crippen LogP contribution in [0.15, 0.2) is 36.4 Å². The van der Waals surface area contributed by atoms with Crippen LogP contribution in [0.5, 0.6) is 11.5 Å². The molecule has 7 nitrogen and oxygen atoms in total. The van der Waals surface area contributed by atoms with E-state index in [2.05, 4.69) is 5.32 Å². The number of hydrogen-bond acceptors (Lipinski definition) is 5. The molecule has 0 saturated carbocycles. The third-order valence-corrected chi connectivity index (χ3v) is 5.43. The topological polar surface area (TPSA) is 84.9 Å². The second-order valence-corrected chi connectivity index (χ2v) is 8.50. The molecule has 2 aromatic rings. The third kappa shape index (κ3) is 4.95. The van der Waals surface area contributed by atoms with Gasteiger partial charge in [0, 0.05) is 11.8 Å². The van der Waals surface area contributed by atoms with E-state index in [1.165, 1.54) is 27.2 Å². The smallest absolute Gasteiger partial charge is 0.247 e. The van der Waals surface area contributed by atoms with E-state index >= 15 is 0 Å². The number of methoxy groups -OCH3 is 2. The lowest BCUT2D eigenvalue weighted by Crippen LogP contribution is -2.45. The number of carbonyl (C=O) groups excluding carboxylic acids is 1. The van der Waals surface area contributed by atoms with E-state index in [0.29, 0.717) is 17.2 Å². The molecule has 0 saturated heterocycles. The molecule has 0 aromatic heterocycles. The first kappa shape index (κ1) is 21.6. The number of benzene rings is 2. The Morgan fingerprint density at radius 2 is 1.64 bits per heavy atom. The molecular formula is C20H26N2O5S. The number of hydrogen-bond donors (Lipinski definition) is 1. The van der Waals surface area contributed by atoms with E-state index in [1.54, 1.807) is 12.1 Å². The first-order valence-electron chi connectivity index (χ1n) is 8.67.